The lowest BCUT2D eigenvalue weighted by Crippen LogP contribution is -3.00. The first-order valence-electron chi connectivity index (χ1n) is 7.33. The summed E-state index contributed by atoms with van der Waals surface area (Å²) in [5.41, 5.74) is 3.90. The van der Waals surface area contributed by atoms with Gasteiger partial charge in [-0.05, 0) is 29.6 Å². The molecule has 0 spiro atoms. The van der Waals surface area contributed by atoms with Crippen LogP contribution < -0.4 is 21.5 Å². The molecule has 0 saturated heterocycles. The van der Waals surface area contributed by atoms with Crippen LogP contribution in [0.15, 0.2) is 71.6 Å². The van der Waals surface area contributed by atoms with E-state index in [4.69, 9.17) is 0 Å². The summed E-state index contributed by atoms with van der Waals surface area (Å²) in [6.45, 7) is 2.35. The van der Waals surface area contributed by atoms with Crippen LogP contribution in [0.2, 0.25) is 0 Å². The highest BCUT2D eigenvalue weighted by Crippen LogP contribution is 2.19. The van der Waals surface area contributed by atoms with Crippen LogP contribution in [0, 0.1) is 6.92 Å². The van der Waals surface area contributed by atoms with E-state index in [0.717, 1.165) is 15.7 Å². The first kappa shape index (κ1) is 18.5. The maximum absolute atomic E-state index is 12.3. The van der Waals surface area contributed by atoms with Crippen molar-refractivity contribution in [1.29, 1.82) is 0 Å². The van der Waals surface area contributed by atoms with Crippen molar-refractivity contribution in [2.24, 2.45) is 0 Å². The normalized spacial score (nSPS) is 10.1. The molecule has 0 amide bonds. The minimum absolute atomic E-state index is 0. The van der Waals surface area contributed by atoms with Crippen LogP contribution in [0.3, 0.4) is 0 Å². The lowest BCUT2D eigenvalue weighted by molar-refractivity contribution is -0.686. The molecule has 0 atom stereocenters. The molecule has 0 aliphatic carbocycles. The summed E-state index contributed by atoms with van der Waals surface area (Å²) in [5, 5.41) is 0. The molecule has 0 radical (unpaired) electrons. The Balaban J connectivity index is 0.00000208. The fourth-order valence-electron chi connectivity index (χ4n) is 2.39. The fourth-order valence-corrected chi connectivity index (χ4v) is 2.65. The molecule has 3 rings (SSSR count). The third-order valence-electron chi connectivity index (χ3n) is 3.68. The highest BCUT2D eigenvalue weighted by molar-refractivity contribution is 9.10. The number of aryl methyl sites for hydroxylation is 1. The SMILES string of the molecule is Cc1ccccc1-c1cc[n+](CC(=O)c2ccc(Br)cc2)cn1.[Br-]. The van der Waals surface area contributed by atoms with Crippen LogP contribution in [0.4, 0.5) is 0 Å². The summed E-state index contributed by atoms with van der Waals surface area (Å²) < 4.78 is 2.76. The molecule has 3 aromatic rings. The number of hydrogen-bond acceptors (Lipinski definition) is 2. The van der Waals surface area contributed by atoms with Gasteiger partial charge in [-0.1, -0.05) is 52.3 Å². The second-order valence-electron chi connectivity index (χ2n) is 5.36. The predicted molar refractivity (Wildman–Crippen MR) is 93.1 cm³/mol. The fraction of sp³-hybridized carbons (Fsp3) is 0.105. The number of Topliss-reactive ketones (excluding diaryl/α,β-unsaturated/α-hetero) is 1. The standard InChI is InChI=1S/C19H16BrN2O.BrH/c1-14-4-2-3-5-17(14)18-10-11-22(13-21-18)12-19(23)15-6-8-16(20)9-7-15;/h2-11,13H,12H2,1H3;1H/q+1;/p-1. The van der Waals surface area contributed by atoms with Gasteiger partial charge in [0.05, 0.1) is 6.20 Å². The van der Waals surface area contributed by atoms with Gasteiger partial charge in [0, 0.05) is 21.7 Å². The molecule has 0 aliphatic rings. The Hall–Kier alpha value is -1.85. The van der Waals surface area contributed by atoms with Crippen LogP contribution in [-0.2, 0) is 6.54 Å². The van der Waals surface area contributed by atoms with Crippen molar-refractivity contribution in [2.45, 2.75) is 13.5 Å². The van der Waals surface area contributed by atoms with E-state index in [9.17, 15) is 4.79 Å². The third kappa shape index (κ3) is 4.36. The minimum Gasteiger partial charge on any atom is -1.00 e. The molecule has 24 heavy (non-hydrogen) atoms. The molecule has 0 aliphatic heterocycles. The van der Waals surface area contributed by atoms with Crippen LogP contribution in [0.1, 0.15) is 15.9 Å². The predicted octanol–water partition coefficient (Wildman–Crippen LogP) is 0.994. The average Bonchev–Trinajstić information content (AvgIpc) is 2.57. The molecular weight excluding hydrogens is 432 g/mol. The Morgan fingerprint density at radius 1 is 1.08 bits per heavy atom. The highest BCUT2D eigenvalue weighted by Gasteiger charge is 2.12. The zero-order chi connectivity index (χ0) is 16.2. The number of aromatic nitrogens is 2. The van der Waals surface area contributed by atoms with Gasteiger partial charge in [0.15, 0.2) is 12.2 Å². The van der Waals surface area contributed by atoms with Gasteiger partial charge < -0.3 is 17.0 Å². The van der Waals surface area contributed by atoms with E-state index in [1.165, 1.54) is 5.56 Å². The van der Waals surface area contributed by atoms with E-state index in [0.29, 0.717) is 5.56 Å². The third-order valence-corrected chi connectivity index (χ3v) is 4.21. The molecule has 122 valence electrons. The van der Waals surface area contributed by atoms with Crippen molar-refractivity contribution in [1.82, 2.24) is 4.98 Å². The quantitative estimate of drug-likeness (QED) is 0.441. The molecule has 5 heteroatoms. The van der Waals surface area contributed by atoms with Crippen molar-refractivity contribution >= 4 is 21.7 Å². The molecular formula is C19H16Br2N2O. The molecule has 0 N–H and O–H groups in total. The summed E-state index contributed by atoms with van der Waals surface area (Å²) in [7, 11) is 0. The number of carbonyl (C=O) groups is 1. The van der Waals surface area contributed by atoms with Gasteiger partial charge in [0.2, 0.25) is 5.78 Å². The van der Waals surface area contributed by atoms with Gasteiger partial charge in [-0.15, -0.1) is 0 Å². The highest BCUT2D eigenvalue weighted by atomic mass is 79.9. The van der Waals surface area contributed by atoms with Crippen LogP contribution >= 0.6 is 15.9 Å². The maximum atomic E-state index is 12.3. The molecule has 0 unspecified atom stereocenters. The van der Waals surface area contributed by atoms with E-state index in [1.807, 2.05) is 48.7 Å². The van der Waals surface area contributed by atoms with Crippen molar-refractivity contribution < 1.29 is 26.3 Å². The summed E-state index contributed by atoms with van der Waals surface area (Å²) in [5.74, 6) is 0.0629. The lowest BCUT2D eigenvalue weighted by Gasteiger charge is -2.02. The molecule has 0 fully saturated rings. The van der Waals surface area contributed by atoms with E-state index in [1.54, 1.807) is 10.9 Å². The topological polar surface area (TPSA) is 33.8 Å². The summed E-state index contributed by atoms with van der Waals surface area (Å²) >= 11 is 3.37. The van der Waals surface area contributed by atoms with E-state index >= 15 is 0 Å². The monoisotopic (exact) mass is 446 g/mol. The number of carbonyl (C=O) groups excluding carboxylic acids is 1. The summed E-state index contributed by atoms with van der Waals surface area (Å²) in [4.78, 5) is 16.7. The minimum atomic E-state index is 0. The molecule has 0 saturated carbocycles. The largest absolute Gasteiger partial charge is 1.00 e. The average molecular weight is 448 g/mol. The number of halogens is 2. The Morgan fingerprint density at radius 2 is 1.79 bits per heavy atom. The van der Waals surface area contributed by atoms with Crippen molar-refractivity contribution in [3.63, 3.8) is 0 Å². The van der Waals surface area contributed by atoms with Gasteiger partial charge >= 0.3 is 0 Å². The molecule has 1 aromatic heterocycles. The zero-order valence-electron chi connectivity index (χ0n) is 13.1. The van der Waals surface area contributed by atoms with Gasteiger partial charge in [0.1, 0.15) is 0 Å². The number of benzene rings is 2. The number of hydrogen-bond donors (Lipinski definition) is 0. The zero-order valence-corrected chi connectivity index (χ0v) is 16.3. The Kier molecular flexibility index (Phi) is 6.40. The van der Waals surface area contributed by atoms with E-state index in [2.05, 4.69) is 40.0 Å². The Labute approximate surface area is 160 Å². The number of nitrogens with zero attached hydrogens (tertiary/aromatic N) is 2. The van der Waals surface area contributed by atoms with Crippen LogP contribution in [-0.4, -0.2) is 10.8 Å². The lowest BCUT2D eigenvalue weighted by atomic mass is 10.1. The molecule has 1 heterocycles. The van der Waals surface area contributed by atoms with Gasteiger partial charge in [-0.25, -0.2) is 4.57 Å². The maximum Gasteiger partial charge on any atom is 0.287 e. The second-order valence-corrected chi connectivity index (χ2v) is 6.28. The van der Waals surface area contributed by atoms with Crippen LogP contribution in [0.25, 0.3) is 11.3 Å². The smallest absolute Gasteiger partial charge is 0.287 e. The van der Waals surface area contributed by atoms with Gasteiger partial charge in [-0.2, -0.15) is 0 Å². The van der Waals surface area contributed by atoms with Gasteiger partial charge in [0.25, 0.3) is 6.33 Å². The summed E-state index contributed by atoms with van der Waals surface area (Å²) in [6.07, 6.45) is 3.60. The van der Waals surface area contributed by atoms with Crippen molar-refractivity contribution in [3.8, 4) is 11.3 Å². The first-order valence-corrected chi connectivity index (χ1v) is 8.12. The molecule has 0 bridgehead atoms. The Morgan fingerprint density at radius 3 is 2.42 bits per heavy atom. The molecule has 3 nitrogen and oxygen atoms in total. The van der Waals surface area contributed by atoms with E-state index < -0.39 is 0 Å². The van der Waals surface area contributed by atoms with Crippen LogP contribution in [0.5, 0.6) is 0 Å². The van der Waals surface area contributed by atoms with Crippen molar-refractivity contribution in [3.05, 3.63) is 82.7 Å². The number of rotatable bonds is 4. The second kappa shape index (κ2) is 8.31. The van der Waals surface area contributed by atoms with E-state index in [-0.39, 0.29) is 29.3 Å². The Bertz CT molecular complexity index is 831. The molecule has 2 aromatic carbocycles. The van der Waals surface area contributed by atoms with Gasteiger partial charge in [-0.3, -0.25) is 4.79 Å². The first-order chi connectivity index (χ1) is 11.1. The summed E-state index contributed by atoms with van der Waals surface area (Å²) in [6, 6.07) is 17.5. The number of ketones is 1. The van der Waals surface area contributed by atoms with Crippen molar-refractivity contribution in [2.75, 3.05) is 0 Å².